The minimum atomic E-state index is -0.409. The fourth-order valence-electron chi connectivity index (χ4n) is 2.26. The van der Waals surface area contributed by atoms with Crippen molar-refractivity contribution < 1.29 is 9.66 Å². The Morgan fingerprint density at radius 1 is 1.58 bits per heavy atom. The maximum Gasteiger partial charge on any atom is 0.372 e. The number of fused-ring (bicyclic) bond motifs is 1. The highest BCUT2D eigenvalue weighted by atomic mass is 16.6. The van der Waals surface area contributed by atoms with Crippen molar-refractivity contribution in [3.63, 3.8) is 0 Å². The Kier molecular flexibility index (Phi) is 3.04. The summed E-state index contributed by atoms with van der Waals surface area (Å²) in [5.41, 5.74) is 0.569. The molecule has 1 aliphatic heterocycles. The van der Waals surface area contributed by atoms with Crippen molar-refractivity contribution in [2.45, 2.75) is 6.42 Å². The SMILES string of the molecule is O=[N+]([O-])c1c(NCC2CCOC2)nc2ccccn12. The second kappa shape index (κ2) is 4.85. The van der Waals surface area contributed by atoms with Gasteiger partial charge < -0.3 is 20.2 Å². The standard InChI is InChI=1S/C12H14N4O3/c17-16(18)12-11(13-7-9-4-6-19-8-9)14-10-3-1-2-5-15(10)12/h1-3,5,9,13H,4,6-8H2. The van der Waals surface area contributed by atoms with Gasteiger partial charge in [0.2, 0.25) is 11.5 Å². The summed E-state index contributed by atoms with van der Waals surface area (Å²) in [4.78, 5) is 15.0. The molecule has 3 heterocycles. The van der Waals surface area contributed by atoms with Gasteiger partial charge in [0.25, 0.3) is 0 Å². The van der Waals surface area contributed by atoms with Crippen LogP contribution in [0.5, 0.6) is 0 Å². The molecule has 100 valence electrons. The van der Waals surface area contributed by atoms with Gasteiger partial charge in [-0.3, -0.25) is 0 Å². The van der Waals surface area contributed by atoms with Crippen molar-refractivity contribution >= 4 is 17.3 Å². The first-order chi connectivity index (χ1) is 9.25. The molecular formula is C12H14N4O3. The molecule has 0 saturated carbocycles. The zero-order valence-corrected chi connectivity index (χ0v) is 10.3. The maximum atomic E-state index is 11.2. The van der Waals surface area contributed by atoms with E-state index < -0.39 is 4.92 Å². The van der Waals surface area contributed by atoms with Gasteiger partial charge in [-0.05, 0) is 17.4 Å². The molecule has 1 unspecified atom stereocenters. The minimum absolute atomic E-state index is 0.0190. The van der Waals surface area contributed by atoms with E-state index in [1.807, 2.05) is 0 Å². The van der Waals surface area contributed by atoms with Gasteiger partial charge >= 0.3 is 5.82 Å². The predicted octanol–water partition coefficient (Wildman–Crippen LogP) is 1.69. The largest absolute Gasteiger partial charge is 0.381 e. The highest BCUT2D eigenvalue weighted by molar-refractivity contribution is 5.62. The lowest BCUT2D eigenvalue weighted by Crippen LogP contribution is -2.15. The lowest BCUT2D eigenvalue weighted by molar-refractivity contribution is -0.389. The third-order valence-electron chi connectivity index (χ3n) is 3.26. The lowest BCUT2D eigenvalue weighted by Gasteiger charge is -2.07. The van der Waals surface area contributed by atoms with E-state index in [2.05, 4.69) is 10.3 Å². The highest BCUT2D eigenvalue weighted by Crippen LogP contribution is 2.25. The molecule has 0 radical (unpaired) electrons. The van der Waals surface area contributed by atoms with Gasteiger partial charge in [0.05, 0.1) is 12.8 Å². The molecule has 1 atom stereocenters. The zero-order chi connectivity index (χ0) is 13.2. The van der Waals surface area contributed by atoms with Crippen LogP contribution in [0.3, 0.4) is 0 Å². The van der Waals surface area contributed by atoms with E-state index in [1.54, 1.807) is 24.4 Å². The third kappa shape index (κ3) is 2.24. The second-order valence-corrected chi connectivity index (χ2v) is 4.58. The van der Waals surface area contributed by atoms with E-state index in [-0.39, 0.29) is 5.82 Å². The first-order valence-corrected chi connectivity index (χ1v) is 6.19. The summed E-state index contributed by atoms with van der Waals surface area (Å²) < 4.78 is 6.76. The highest BCUT2D eigenvalue weighted by Gasteiger charge is 2.23. The molecule has 7 nitrogen and oxygen atoms in total. The number of hydrogen-bond donors (Lipinski definition) is 1. The average Bonchev–Trinajstić information content (AvgIpc) is 3.03. The van der Waals surface area contributed by atoms with Crippen molar-refractivity contribution in [1.29, 1.82) is 0 Å². The molecule has 19 heavy (non-hydrogen) atoms. The number of anilines is 1. The summed E-state index contributed by atoms with van der Waals surface area (Å²) in [6, 6.07) is 5.30. The van der Waals surface area contributed by atoms with Crippen LogP contribution >= 0.6 is 0 Å². The number of aromatic nitrogens is 2. The number of hydrogen-bond acceptors (Lipinski definition) is 5. The van der Waals surface area contributed by atoms with Crippen LogP contribution in [0.1, 0.15) is 6.42 Å². The third-order valence-corrected chi connectivity index (χ3v) is 3.26. The summed E-state index contributed by atoms with van der Waals surface area (Å²) in [6.07, 6.45) is 2.62. The smallest absolute Gasteiger partial charge is 0.372 e. The van der Waals surface area contributed by atoms with Crippen LogP contribution < -0.4 is 5.32 Å². The molecule has 0 aliphatic carbocycles. The molecule has 0 bridgehead atoms. The monoisotopic (exact) mass is 262 g/mol. The van der Waals surface area contributed by atoms with Gasteiger partial charge in [-0.2, -0.15) is 9.38 Å². The van der Waals surface area contributed by atoms with Gasteiger partial charge in [-0.1, -0.05) is 6.07 Å². The molecule has 7 heteroatoms. The van der Waals surface area contributed by atoms with E-state index in [0.29, 0.717) is 30.5 Å². The van der Waals surface area contributed by atoms with Gasteiger partial charge in [0, 0.05) is 25.1 Å². The van der Waals surface area contributed by atoms with Crippen molar-refractivity contribution in [2.24, 2.45) is 5.92 Å². The number of nitrogens with one attached hydrogen (secondary N) is 1. The molecule has 1 saturated heterocycles. The number of nitro groups is 1. The van der Waals surface area contributed by atoms with Crippen molar-refractivity contribution in [1.82, 2.24) is 9.38 Å². The predicted molar refractivity (Wildman–Crippen MR) is 69.3 cm³/mol. The van der Waals surface area contributed by atoms with Gasteiger partial charge in [-0.25, -0.2) is 0 Å². The topological polar surface area (TPSA) is 81.7 Å². The van der Waals surface area contributed by atoms with Crippen LogP contribution in [-0.4, -0.2) is 34.1 Å². The summed E-state index contributed by atoms with van der Waals surface area (Å²) in [5.74, 6) is 0.696. The summed E-state index contributed by atoms with van der Waals surface area (Å²) in [5, 5.41) is 14.2. The first kappa shape index (κ1) is 11.9. The first-order valence-electron chi connectivity index (χ1n) is 6.19. The van der Waals surface area contributed by atoms with Crippen LogP contribution in [0, 0.1) is 16.0 Å². The van der Waals surface area contributed by atoms with Gasteiger partial charge in [-0.15, -0.1) is 0 Å². The Morgan fingerprint density at radius 3 is 3.21 bits per heavy atom. The van der Waals surface area contributed by atoms with E-state index >= 15 is 0 Å². The summed E-state index contributed by atoms with van der Waals surface area (Å²) in [6.45, 7) is 2.11. The Bertz CT molecular complexity index is 604. The molecule has 2 aromatic heterocycles. The number of pyridine rings is 1. The normalized spacial score (nSPS) is 18.8. The van der Waals surface area contributed by atoms with Crippen LogP contribution in [0.25, 0.3) is 5.65 Å². The van der Waals surface area contributed by atoms with Crippen LogP contribution in [0.4, 0.5) is 11.6 Å². The minimum Gasteiger partial charge on any atom is -0.381 e. The Balaban J connectivity index is 1.88. The Labute approximate surface area is 109 Å². The molecular weight excluding hydrogens is 248 g/mol. The molecule has 1 aliphatic rings. The van der Waals surface area contributed by atoms with E-state index in [1.165, 1.54) is 4.40 Å². The molecule has 3 rings (SSSR count). The second-order valence-electron chi connectivity index (χ2n) is 4.58. The molecule has 2 aromatic rings. The zero-order valence-electron chi connectivity index (χ0n) is 10.3. The fourth-order valence-corrected chi connectivity index (χ4v) is 2.26. The molecule has 0 spiro atoms. The molecule has 1 N–H and O–H groups in total. The van der Waals surface area contributed by atoms with Crippen molar-refractivity contribution in [2.75, 3.05) is 25.1 Å². The summed E-state index contributed by atoms with van der Waals surface area (Å²) >= 11 is 0. The number of ether oxygens (including phenoxy) is 1. The molecule has 0 aromatic carbocycles. The van der Waals surface area contributed by atoms with E-state index in [9.17, 15) is 10.1 Å². The Hall–Kier alpha value is -2.15. The molecule has 0 amide bonds. The number of nitrogens with zero attached hydrogens (tertiary/aromatic N) is 3. The van der Waals surface area contributed by atoms with Gasteiger partial charge in [0.1, 0.15) is 0 Å². The van der Waals surface area contributed by atoms with Crippen molar-refractivity contribution in [3.8, 4) is 0 Å². The maximum absolute atomic E-state index is 11.2. The Morgan fingerprint density at radius 2 is 2.47 bits per heavy atom. The number of rotatable bonds is 4. The quantitative estimate of drug-likeness (QED) is 0.669. The number of imidazole rings is 1. The lowest BCUT2D eigenvalue weighted by atomic mass is 10.1. The van der Waals surface area contributed by atoms with E-state index in [4.69, 9.17) is 4.74 Å². The average molecular weight is 262 g/mol. The van der Waals surface area contributed by atoms with Crippen molar-refractivity contribution in [3.05, 3.63) is 34.5 Å². The summed E-state index contributed by atoms with van der Waals surface area (Å²) in [7, 11) is 0. The van der Waals surface area contributed by atoms with Crippen LogP contribution in [-0.2, 0) is 4.74 Å². The van der Waals surface area contributed by atoms with E-state index in [0.717, 1.165) is 13.0 Å². The van der Waals surface area contributed by atoms with Crippen LogP contribution in [0.2, 0.25) is 0 Å². The van der Waals surface area contributed by atoms with Gasteiger partial charge in [0.15, 0.2) is 0 Å². The fraction of sp³-hybridized carbons (Fsp3) is 0.417. The van der Waals surface area contributed by atoms with Crippen LogP contribution in [0.15, 0.2) is 24.4 Å². The molecule has 1 fully saturated rings.